The van der Waals surface area contributed by atoms with Gasteiger partial charge >= 0.3 is 0 Å². The lowest BCUT2D eigenvalue weighted by atomic mass is 10.1. The van der Waals surface area contributed by atoms with Gasteiger partial charge in [0.2, 0.25) is 10.0 Å². The van der Waals surface area contributed by atoms with Gasteiger partial charge in [0.15, 0.2) is 0 Å². The van der Waals surface area contributed by atoms with Crippen molar-refractivity contribution < 1.29 is 8.42 Å². The van der Waals surface area contributed by atoms with Gasteiger partial charge < -0.3 is 5.73 Å². The van der Waals surface area contributed by atoms with Gasteiger partial charge in [0.25, 0.3) is 0 Å². The fraction of sp³-hybridized carbons (Fsp3) is 0.467. The van der Waals surface area contributed by atoms with Crippen LogP contribution < -0.4 is 10.5 Å². The Morgan fingerprint density at radius 3 is 2.45 bits per heavy atom. The Kier molecular flexibility index (Phi) is 5.75. The molecule has 0 aliphatic heterocycles. The van der Waals surface area contributed by atoms with Crippen molar-refractivity contribution >= 4 is 10.0 Å². The second-order valence-electron chi connectivity index (χ2n) is 5.14. The maximum Gasteiger partial charge on any atom is 0.240 e. The summed E-state index contributed by atoms with van der Waals surface area (Å²) >= 11 is 0. The minimum absolute atomic E-state index is 0.114. The van der Waals surface area contributed by atoms with Crippen molar-refractivity contribution in [3.63, 3.8) is 0 Å². The summed E-state index contributed by atoms with van der Waals surface area (Å²) in [4.78, 5) is 0.265. The molecular weight excluding hydrogens is 272 g/mol. The number of nitrogens with two attached hydrogens (primary N) is 1. The van der Waals surface area contributed by atoms with Crippen LogP contribution in [0.4, 0.5) is 0 Å². The van der Waals surface area contributed by atoms with E-state index < -0.39 is 10.0 Å². The average Bonchev–Trinajstić information content (AvgIpc) is 2.36. The van der Waals surface area contributed by atoms with Crippen LogP contribution in [-0.2, 0) is 10.0 Å². The molecular formula is C15H22N2O2S. The second kappa shape index (κ2) is 6.89. The van der Waals surface area contributed by atoms with Gasteiger partial charge in [-0.25, -0.2) is 13.1 Å². The number of benzene rings is 1. The van der Waals surface area contributed by atoms with Crippen LogP contribution in [0.2, 0.25) is 0 Å². The van der Waals surface area contributed by atoms with Crippen LogP contribution in [0.15, 0.2) is 23.1 Å². The molecule has 0 saturated heterocycles. The fourth-order valence-electron chi connectivity index (χ4n) is 1.54. The summed E-state index contributed by atoms with van der Waals surface area (Å²) in [6.45, 7) is 7.93. The van der Waals surface area contributed by atoms with Crippen LogP contribution in [0.25, 0.3) is 0 Å². The van der Waals surface area contributed by atoms with Gasteiger partial charge in [0, 0.05) is 11.6 Å². The summed E-state index contributed by atoms with van der Waals surface area (Å²) in [5, 5.41) is 0. The topological polar surface area (TPSA) is 72.2 Å². The molecule has 0 aliphatic carbocycles. The molecule has 4 nitrogen and oxygen atoms in total. The molecule has 0 radical (unpaired) electrons. The lowest BCUT2D eigenvalue weighted by Gasteiger charge is -2.17. The van der Waals surface area contributed by atoms with Crippen LogP contribution in [0.5, 0.6) is 0 Å². The normalized spacial score (nSPS) is 12.9. The van der Waals surface area contributed by atoms with Gasteiger partial charge in [0.1, 0.15) is 0 Å². The van der Waals surface area contributed by atoms with Crippen molar-refractivity contribution in [2.75, 3.05) is 6.54 Å². The number of aryl methyl sites for hydroxylation is 1. The van der Waals surface area contributed by atoms with Gasteiger partial charge in [-0.05, 0) is 43.5 Å². The predicted molar refractivity (Wildman–Crippen MR) is 81.7 cm³/mol. The molecule has 0 fully saturated rings. The van der Waals surface area contributed by atoms with Crippen LogP contribution in [0.1, 0.15) is 31.9 Å². The molecule has 0 aromatic heterocycles. The average molecular weight is 294 g/mol. The van der Waals surface area contributed by atoms with Gasteiger partial charge in [0.05, 0.1) is 11.4 Å². The molecule has 1 aromatic carbocycles. The highest BCUT2D eigenvalue weighted by Gasteiger charge is 2.19. The Morgan fingerprint density at radius 1 is 1.30 bits per heavy atom. The quantitative estimate of drug-likeness (QED) is 0.829. The SMILES string of the molecule is Cc1cc(S(=O)(=O)NC(C)C(C)C)ccc1C#CCN. The lowest BCUT2D eigenvalue weighted by Crippen LogP contribution is -2.36. The summed E-state index contributed by atoms with van der Waals surface area (Å²) in [6.07, 6.45) is 0. The van der Waals surface area contributed by atoms with Crippen molar-refractivity contribution in [1.29, 1.82) is 0 Å². The molecule has 0 amide bonds. The number of nitrogens with one attached hydrogen (secondary N) is 1. The van der Waals surface area contributed by atoms with Gasteiger partial charge in [-0.3, -0.25) is 0 Å². The summed E-state index contributed by atoms with van der Waals surface area (Å²) in [7, 11) is -3.49. The zero-order valence-corrected chi connectivity index (χ0v) is 13.2. The predicted octanol–water partition coefficient (Wildman–Crippen LogP) is 1.63. The Morgan fingerprint density at radius 2 is 1.95 bits per heavy atom. The van der Waals surface area contributed by atoms with E-state index in [0.717, 1.165) is 11.1 Å². The smallest absolute Gasteiger partial charge is 0.240 e. The fourth-order valence-corrected chi connectivity index (χ4v) is 3.02. The largest absolute Gasteiger partial charge is 0.320 e. The third-order valence-corrected chi connectivity index (χ3v) is 4.73. The van der Waals surface area contributed by atoms with Crippen molar-refractivity contribution in [1.82, 2.24) is 4.72 Å². The minimum atomic E-state index is -3.49. The molecule has 0 saturated carbocycles. The van der Waals surface area contributed by atoms with Gasteiger partial charge in [-0.1, -0.05) is 25.7 Å². The molecule has 5 heteroatoms. The molecule has 20 heavy (non-hydrogen) atoms. The number of sulfonamides is 1. The zero-order valence-electron chi connectivity index (χ0n) is 12.4. The van der Waals surface area contributed by atoms with E-state index in [-0.39, 0.29) is 23.4 Å². The summed E-state index contributed by atoms with van der Waals surface area (Å²) < 4.78 is 27.2. The van der Waals surface area contributed by atoms with Crippen molar-refractivity contribution in [2.24, 2.45) is 11.7 Å². The van der Waals surface area contributed by atoms with Crippen molar-refractivity contribution in [3.05, 3.63) is 29.3 Å². The Balaban J connectivity index is 3.06. The molecule has 1 atom stereocenters. The van der Waals surface area contributed by atoms with E-state index in [9.17, 15) is 8.42 Å². The molecule has 110 valence electrons. The molecule has 0 bridgehead atoms. The summed E-state index contributed by atoms with van der Waals surface area (Å²) in [6, 6.07) is 4.81. The third kappa shape index (κ3) is 4.34. The zero-order chi connectivity index (χ0) is 15.3. The highest BCUT2D eigenvalue weighted by molar-refractivity contribution is 7.89. The minimum Gasteiger partial charge on any atom is -0.320 e. The van der Waals surface area contributed by atoms with Crippen LogP contribution >= 0.6 is 0 Å². The maximum absolute atomic E-state index is 12.3. The first kappa shape index (κ1) is 16.7. The van der Waals surface area contributed by atoms with Crippen molar-refractivity contribution in [2.45, 2.75) is 38.6 Å². The van der Waals surface area contributed by atoms with E-state index in [1.807, 2.05) is 27.7 Å². The van der Waals surface area contributed by atoms with Crippen molar-refractivity contribution in [3.8, 4) is 11.8 Å². The van der Waals surface area contributed by atoms with E-state index in [2.05, 4.69) is 16.6 Å². The number of hydrogen-bond donors (Lipinski definition) is 2. The highest BCUT2D eigenvalue weighted by Crippen LogP contribution is 2.16. The standard InChI is InChI=1S/C15H22N2O2S/c1-11(2)13(4)17-20(18,19)15-8-7-14(6-5-9-16)12(3)10-15/h7-8,10-11,13,17H,9,16H2,1-4H3. The summed E-state index contributed by atoms with van der Waals surface area (Å²) in [5.41, 5.74) is 6.95. The number of hydrogen-bond acceptors (Lipinski definition) is 3. The molecule has 3 N–H and O–H groups in total. The molecule has 0 heterocycles. The van der Waals surface area contributed by atoms with E-state index in [0.29, 0.717) is 0 Å². The van der Waals surface area contributed by atoms with Crippen LogP contribution in [0, 0.1) is 24.7 Å². The first-order chi connectivity index (χ1) is 9.27. The van der Waals surface area contributed by atoms with E-state index in [1.54, 1.807) is 18.2 Å². The van der Waals surface area contributed by atoms with Gasteiger partial charge in [-0.2, -0.15) is 0 Å². The Hall–Kier alpha value is -1.35. The second-order valence-corrected chi connectivity index (χ2v) is 6.85. The molecule has 1 aromatic rings. The van der Waals surface area contributed by atoms with Crippen LogP contribution in [0.3, 0.4) is 0 Å². The van der Waals surface area contributed by atoms with Crippen LogP contribution in [-0.4, -0.2) is 21.0 Å². The van der Waals surface area contributed by atoms with E-state index in [1.165, 1.54) is 0 Å². The van der Waals surface area contributed by atoms with E-state index in [4.69, 9.17) is 5.73 Å². The number of rotatable bonds is 4. The Bertz CT molecular complexity index is 625. The molecule has 0 aliphatic rings. The van der Waals surface area contributed by atoms with Gasteiger partial charge in [-0.15, -0.1) is 0 Å². The highest BCUT2D eigenvalue weighted by atomic mass is 32.2. The molecule has 1 rings (SSSR count). The maximum atomic E-state index is 12.3. The molecule has 0 spiro atoms. The summed E-state index contributed by atoms with van der Waals surface area (Å²) in [5.74, 6) is 5.92. The molecule has 1 unspecified atom stereocenters. The first-order valence-corrected chi connectivity index (χ1v) is 8.08. The Labute approximate surface area is 121 Å². The first-order valence-electron chi connectivity index (χ1n) is 6.60. The lowest BCUT2D eigenvalue weighted by molar-refractivity contribution is 0.476. The van der Waals surface area contributed by atoms with E-state index >= 15 is 0 Å². The monoisotopic (exact) mass is 294 g/mol. The third-order valence-electron chi connectivity index (χ3n) is 3.17.